The van der Waals surface area contributed by atoms with E-state index in [4.69, 9.17) is 0 Å². The maximum atomic E-state index is 12.6. The van der Waals surface area contributed by atoms with Gasteiger partial charge in [0.25, 0.3) is 0 Å². The van der Waals surface area contributed by atoms with Crippen LogP contribution in [0.5, 0.6) is 0 Å². The van der Waals surface area contributed by atoms with Crippen molar-refractivity contribution < 1.29 is 14.7 Å². The number of carbonyl (C=O) groups excluding carboxylic acids is 1. The minimum Gasteiger partial charge on any atom is -0.480 e. The highest BCUT2D eigenvalue weighted by atomic mass is 16.4. The second-order valence-corrected chi connectivity index (χ2v) is 5.99. The van der Waals surface area contributed by atoms with Gasteiger partial charge in [-0.1, -0.05) is 32.1 Å². The van der Waals surface area contributed by atoms with Gasteiger partial charge in [0, 0.05) is 12.5 Å². The topological polar surface area (TPSA) is 57.6 Å². The molecule has 0 saturated heterocycles. The first-order chi connectivity index (χ1) is 8.91. The molecule has 1 saturated carbocycles. The van der Waals surface area contributed by atoms with Crippen LogP contribution in [-0.4, -0.2) is 34.0 Å². The number of nitrogens with zero attached hydrogens (tertiary/aromatic N) is 1. The third-order valence-corrected chi connectivity index (χ3v) is 4.23. The number of amides is 1. The number of carboxylic acids is 1. The first-order valence-electron chi connectivity index (χ1n) is 7.46. The van der Waals surface area contributed by atoms with Crippen LogP contribution < -0.4 is 0 Å². The van der Waals surface area contributed by atoms with Gasteiger partial charge in [-0.15, -0.1) is 0 Å². The maximum Gasteiger partial charge on any atom is 0.329 e. The largest absolute Gasteiger partial charge is 0.480 e. The van der Waals surface area contributed by atoms with Crippen molar-refractivity contribution in [2.75, 3.05) is 6.54 Å². The predicted molar refractivity (Wildman–Crippen MR) is 74.9 cm³/mol. The quantitative estimate of drug-likeness (QED) is 0.853. The first kappa shape index (κ1) is 16.0. The van der Waals surface area contributed by atoms with Gasteiger partial charge in [-0.3, -0.25) is 4.79 Å². The fourth-order valence-corrected chi connectivity index (χ4v) is 2.87. The van der Waals surface area contributed by atoms with E-state index in [0.717, 1.165) is 25.7 Å². The smallest absolute Gasteiger partial charge is 0.329 e. The van der Waals surface area contributed by atoms with Gasteiger partial charge in [0.15, 0.2) is 0 Å². The summed E-state index contributed by atoms with van der Waals surface area (Å²) in [6, 6.07) is 0. The van der Waals surface area contributed by atoms with E-state index >= 15 is 0 Å². The Kier molecular flexibility index (Phi) is 5.83. The number of hydrogen-bond donors (Lipinski definition) is 1. The molecule has 0 aliphatic heterocycles. The van der Waals surface area contributed by atoms with Crippen molar-refractivity contribution in [2.45, 2.75) is 71.3 Å². The van der Waals surface area contributed by atoms with Crippen molar-refractivity contribution >= 4 is 11.9 Å². The molecule has 110 valence electrons. The van der Waals surface area contributed by atoms with Gasteiger partial charge in [0.2, 0.25) is 5.91 Å². The number of aliphatic carboxylic acids is 1. The molecule has 1 aliphatic rings. The minimum absolute atomic E-state index is 0.0128. The molecule has 19 heavy (non-hydrogen) atoms. The summed E-state index contributed by atoms with van der Waals surface area (Å²) < 4.78 is 0. The molecule has 1 N–H and O–H groups in total. The fraction of sp³-hybridized carbons (Fsp3) is 0.867. The lowest BCUT2D eigenvalue weighted by atomic mass is 9.88. The first-order valence-corrected chi connectivity index (χ1v) is 7.46. The van der Waals surface area contributed by atoms with Crippen LogP contribution in [-0.2, 0) is 9.59 Å². The van der Waals surface area contributed by atoms with Crippen LogP contribution >= 0.6 is 0 Å². The van der Waals surface area contributed by atoms with Crippen LogP contribution in [0.3, 0.4) is 0 Å². The highest BCUT2D eigenvalue weighted by Gasteiger charge is 2.39. The van der Waals surface area contributed by atoms with E-state index in [1.807, 2.05) is 6.92 Å². The molecule has 0 atom stereocenters. The average Bonchev–Trinajstić information content (AvgIpc) is 2.28. The molecule has 4 nitrogen and oxygen atoms in total. The van der Waals surface area contributed by atoms with E-state index in [9.17, 15) is 14.7 Å². The van der Waals surface area contributed by atoms with Gasteiger partial charge < -0.3 is 10.0 Å². The van der Waals surface area contributed by atoms with Gasteiger partial charge in [0.1, 0.15) is 5.54 Å². The van der Waals surface area contributed by atoms with Gasteiger partial charge in [-0.05, 0) is 33.6 Å². The molecule has 0 aromatic heterocycles. The second kappa shape index (κ2) is 6.92. The Bertz CT molecular complexity index is 317. The summed E-state index contributed by atoms with van der Waals surface area (Å²) in [5, 5.41) is 9.30. The van der Waals surface area contributed by atoms with Crippen molar-refractivity contribution in [3.8, 4) is 0 Å². The van der Waals surface area contributed by atoms with Crippen LogP contribution in [0.15, 0.2) is 0 Å². The molecule has 0 bridgehead atoms. The molecular formula is C15H27NO3. The highest BCUT2D eigenvalue weighted by Crippen LogP contribution is 2.27. The average molecular weight is 269 g/mol. The van der Waals surface area contributed by atoms with Crippen LogP contribution in [0, 0.1) is 5.92 Å². The Balaban J connectivity index is 2.79. The van der Waals surface area contributed by atoms with Crippen molar-refractivity contribution in [1.29, 1.82) is 0 Å². The van der Waals surface area contributed by atoms with Gasteiger partial charge >= 0.3 is 5.97 Å². The van der Waals surface area contributed by atoms with Gasteiger partial charge in [-0.2, -0.15) is 0 Å². The zero-order valence-corrected chi connectivity index (χ0v) is 12.4. The standard InChI is InChI=1S/C15H27NO3/c1-4-16(15(2,3)14(18)19)13(17)12-10-8-6-5-7-9-11-12/h12H,4-11H2,1-3H3,(H,18,19). The third-order valence-electron chi connectivity index (χ3n) is 4.23. The van der Waals surface area contributed by atoms with Crippen molar-refractivity contribution in [3.05, 3.63) is 0 Å². The van der Waals surface area contributed by atoms with Crippen molar-refractivity contribution in [2.24, 2.45) is 5.92 Å². The molecule has 0 aromatic rings. The van der Waals surface area contributed by atoms with Crippen molar-refractivity contribution in [1.82, 2.24) is 4.90 Å². The summed E-state index contributed by atoms with van der Waals surface area (Å²) in [6.45, 7) is 5.53. The Morgan fingerprint density at radius 1 is 1.11 bits per heavy atom. The Morgan fingerprint density at radius 2 is 1.58 bits per heavy atom. The number of rotatable bonds is 4. The number of hydrogen-bond acceptors (Lipinski definition) is 2. The lowest BCUT2D eigenvalue weighted by molar-refractivity contribution is -0.158. The summed E-state index contributed by atoms with van der Waals surface area (Å²) in [6.07, 6.45) is 7.63. The summed E-state index contributed by atoms with van der Waals surface area (Å²) >= 11 is 0. The number of likely N-dealkylation sites (N-methyl/N-ethyl adjacent to an activating group) is 1. The normalized spacial score (nSPS) is 18.5. The molecule has 1 aliphatic carbocycles. The maximum absolute atomic E-state index is 12.6. The lowest BCUT2D eigenvalue weighted by Gasteiger charge is -2.37. The predicted octanol–water partition coefficient (Wildman–Crippen LogP) is 3.06. The van der Waals surface area contributed by atoms with E-state index in [0.29, 0.717) is 6.54 Å². The third kappa shape index (κ3) is 3.95. The van der Waals surface area contributed by atoms with E-state index in [1.165, 1.54) is 24.2 Å². The van der Waals surface area contributed by atoms with Crippen LogP contribution in [0.25, 0.3) is 0 Å². The molecule has 1 rings (SSSR count). The molecule has 0 heterocycles. The van der Waals surface area contributed by atoms with Crippen LogP contribution in [0.4, 0.5) is 0 Å². The molecule has 0 spiro atoms. The summed E-state index contributed by atoms with van der Waals surface area (Å²) in [4.78, 5) is 25.5. The Morgan fingerprint density at radius 3 is 2.00 bits per heavy atom. The van der Waals surface area contributed by atoms with E-state index < -0.39 is 11.5 Å². The number of carboxylic acid groups (broad SMARTS) is 1. The Labute approximate surface area is 116 Å². The van der Waals surface area contributed by atoms with E-state index in [2.05, 4.69) is 0 Å². The monoisotopic (exact) mass is 269 g/mol. The second-order valence-electron chi connectivity index (χ2n) is 5.99. The summed E-state index contributed by atoms with van der Waals surface area (Å²) in [5.41, 5.74) is -1.12. The fourth-order valence-electron chi connectivity index (χ4n) is 2.87. The minimum atomic E-state index is -1.12. The van der Waals surface area contributed by atoms with Gasteiger partial charge in [-0.25, -0.2) is 4.79 Å². The van der Waals surface area contributed by atoms with E-state index in [1.54, 1.807) is 13.8 Å². The van der Waals surface area contributed by atoms with Crippen LogP contribution in [0.2, 0.25) is 0 Å². The molecule has 0 aromatic carbocycles. The Hall–Kier alpha value is -1.06. The zero-order valence-electron chi connectivity index (χ0n) is 12.4. The molecule has 4 heteroatoms. The van der Waals surface area contributed by atoms with Gasteiger partial charge in [0.05, 0.1) is 0 Å². The number of carbonyl (C=O) groups is 2. The molecular weight excluding hydrogens is 242 g/mol. The lowest BCUT2D eigenvalue weighted by Crippen LogP contribution is -2.54. The molecule has 1 amide bonds. The summed E-state index contributed by atoms with van der Waals surface area (Å²) in [5.74, 6) is -0.899. The summed E-state index contributed by atoms with van der Waals surface area (Å²) in [7, 11) is 0. The SMILES string of the molecule is CCN(C(=O)C1CCCCCCC1)C(C)(C)C(=O)O. The van der Waals surface area contributed by atoms with E-state index in [-0.39, 0.29) is 11.8 Å². The highest BCUT2D eigenvalue weighted by molar-refractivity contribution is 5.87. The van der Waals surface area contributed by atoms with Crippen molar-refractivity contribution in [3.63, 3.8) is 0 Å². The molecule has 0 unspecified atom stereocenters. The molecule has 0 radical (unpaired) electrons. The van der Waals surface area contributed by atoms with Crippen LogP contribution in [0.1, 0.15) is 65.7 Å². The molecule has 1 fully saturated rings. The zero-order chi connectivity index (χ0) is 14.5.